The van der Waals surface area contributed by atoms with Crippen LogP contribution >= 0.6 is 0 Å². The third-order valence-electron chi connectivity index (χ3n) is 9.48. The van der Waals surface area contributed by atoms with Crippen molar-refractivity contribution in [2.24, 2.45) is 0 Å². The topological polar surface area (TPSA) is 13.1 Å². The lowest BCUT2D eigenvalue weighted by atomic mass is 9.84. The van der Waals surface area contributed by atoms with Gasteiger partial charge in [-0.25, -0.2) is 0 Å². The fraction of sp³-hybridized carbons (Fsp3) is 0. The predicted molar refractivity (Wildman–Crippen MR) is 208 cm³/mol. The number of hydrogen-bond donors (Lipinski definition) is 0. The largest absolute Gasteiger partial charge is 0.456 e. The minimum atomic E-state index is -0.439. The highest BCUT2D eigenvalue weighted by Crippen LogP contribution is 2.46. The Morgan fingerprint density at radius 3 is 1.45 bits per heavy atom. The molecule has 0 saturated carbocycles. The molecule has 0 atom stereocenters. The summed E-state index contributed by atoms with van der Waals surface area (Å²) in [7, 11) is 0. The van der Waals surface area contributed by atoms with Crippen molar-refractivity contribution in [1.29, 1.82) is 0 Å². The zero-order valence-electron chi connectivity index (χ0n) is 34.1. The van der Waals surface area contributed by atoms with E-state index >= 15 is 0 Å². The second kappa shape index (κ2) is 11.1. The molecule has 0 fully saturated rings. The summed E-state index contributed by atoms with van der Waals surface area (Å²) in [5, 5.41) is 4.34. The summed E-state index contributed by atoms with van der Waals surface area (Å²) >= 11 is 0. The minimum Gasteiger partial charge on any atom is -0.456 e. The van der Waals surface area contributed by atoms with Gasteiger partial charge in [0.15, 0.2) is 0 Å². The van der Waals surface area contributed by atoms with Crippen LogP contribution < -0.4 is 0 Å². The van der Waals surface area contributed by atoms with E-state index in [9.17, 15) is 5.48 Å². The Morgan fingerprint density at radius 2 is 0.837 bits per heavy atom. The molecule has 228 valence electrons. The van der Waals surface area contributed by atoms with Gasteiger partial charge in [-0.15, -0.1) is 0 Å². The van der Waals surface area contributed by atoms with Crippen LogP contribution in [-0.4, -0.2) is 0 Å². The fourth-order valence-electron chi connectivity index (χ4n) is 7.25. The summed E-state index contributed by atoms with van der Waals surface area (Å²) < 4.78 is 79.7. The zero-order valence-corrected chi connectivity index (χ0v) is 26.1. The van der Waals surface area contributed by atoms with Crippen LogP contribution in [0.2, 0.25) is 0 Å². The summed E-state index contributed by atoms with van der Waals surface area (Å²) in [6.45, 7) is 0. The average Bonchev–Trinajstić information content (AvgIpc) is 3.61. The highest BCUT2D eigenvalue weighted by Gasteiger charge is 2.19. The monoisotopic (exact) mass is 630 g/mol. The van der Waals surface area contributed by atoms with Gasteiger partial charge >= 0.3 is 0 Å². The van der Waals surface area contributed by atoms with Gasteiger partial charge in [0.1, 0.15) is 11.2 Å². The molecule has 10 rings (SSSR count). The molecule has 0 aliphatic rings. The van der Waals surface area contributed by atoms with Crippen molar-refractivity contribution in [1.82, 2.24) is 0 Å². The average molecular weight is 631 g/mol. The van der Waals surface area contributed by atoms with Gasteiger partial charge in [0, 0.05) is 10.8 Å². The van der Waals surface area contributed by atoms with E-state index in [2.05, 4.69) is 6.07 Å². The normalized spacial score (nSPS) is 14.0. The molecule has 0 N–H and O–H groups in total. The molecule has 1 heteroatoms. The van der Waals surface area contributed by atoms with Crippen molar-refractivity contribution >= 4 is 54.3 Å². The Bertz CT molecular complexity index is 3240. The van der Waals surface area contributed by atoms with Gasteiger partial charge in [-0.1, -0.05) is 151 Å². The molecule has 1 nitrogen and oxygen atoms in total. The highest BCUT2D eigenvalue weighted by molar-refractivity contribution is 6.22. The van der Waals surface area contributed by atoms with E-state index in [-0.39, 0.29) is 45.7 Å². The molecule has 1 heterocycles. The Morgan fingerprint density at radius 1 is 0.347 bits per heavy atom. The van der Waals surface area contributed by atoms with Crippen LogP contribution in [0.3, 0.4) is 0 Å². The van der Waals surface area contributed by atoms with E-state index in [1.54, 1.807) is 6.07 Å². The van der Waals surface area contributed by atoms with Gasteiger partial charge in [0.2, 0.25) is 0 Å². The van der Waals surface area contributed by atoms with E-state index in [4.69, 9.17) is 9.90 Å². The van der Waals surface area contributed by atoms with Crippen molar-refractivity contribution in [3.63, 3.8) is 0 Å². The molecule has 49 heavy (non-hydrogen) atoms. The maximum Gasteiger partial charge on any atom is 0.136 e. The molecule has 9 aromatic carbocycles. The summed E-state index contributed by atoms with van der Waals surface area (Å²) in [5.74, 6) is 0. The maximum absolute atomic E-state index is 9.46. The van der Waals surface area contributed by atoms with Crippen molar-refractivity contribution < 1.29 is 15.4 Å². The van der Waals surface area contributed by atoms with Gasteiger partial charge < -0.3 is 4.42 Å². The van der Waals surface area contributed by atoms with Crippen LogP contribution in [0.15, 0.2) is 186 Å². The third kappa shape index (κ3) is 4.47. The van der Waals surface area contributed by atoms with Crippen LogP contribution in [0.5, 0.6) is 0 Å². The molecular formula is C48H30O. The maximum atomic E-state index is 9.46. The molecular weight excluding hydrogens is 593 g/mol. The summed E-state index contributed by atoms with van der Waals surface area (Å²) in [5.41, 5.74) is 6.67. The van der Waals surface area contributed by atoms with Gasteiger partial charge in [0.05, 0.1) is 11.0 Å². The molecule has 10 aromatic rings. The van der Waals surface area contributed by atoms with Gasteiger partial charge in [-0.3, -0.25) is 0 Å². The Balaban J connectivity index is 1.38. The number of fused-ring (bicyclic) bond motifs is 6. The van der Waals surface area contributed by atoms with E-state index in [0.29, 0.717) is 33.4 Å². The Kier molecular flexibility index (Phi) is 4.69. The lowest BCUT2D eigenvalue weighted by Crippen LogP contribution is -1.92. The van der Waals surface area contributed by atoms with E-state index in [1.807, 2.05) is 121 Å². The molecule has 0 unspecified atom stereocenters. The van der Waals surface area contributed by atoms with Crippen LogP contribution in [0.4, 0.5) is 0 Å². The Hall–Kier alpha value is -6.44. The first-order chi connectivity index (χ1) is 27.6. The zero-order chi connectivity index (χ0) is 39.3. The van der Waals surface area contributed by atoms with Gasteiger partial charge in [-0.05, 0) is 107 Å². The van der Waals surface area contributed by atoms with Crippen molar-refractivity contribution in [3.05, 3.63) is 182 Å². The molecule has 0 saturated heterocycles. The number of rotatable bonds is 4. The first kappa shape index (κ1) is 20.7. The molecule has 0 amide bonds. The second-order valence-corrected chi connectivity index (χ2v) is 12.3. The lowest BCUT2D eigenvalue weighted by Gasteiger charge is -2.19. The van der Waals surface area contributed by atoms with Crippen LogP contribution in [0, 0.1) is 0 Å². The minimum absolute atomic E-state index is 0.166. The van der Waals surface area contributed by atoms with Gasteiger partial charge in [0.25, 0.3) is 0 Å². The molecule has 0 spiro atoms. The highest BCUT2D eigenvalue weighted by atomic mass is 16.3. The predicted octanol–water partition coefficient (Wildman–Crippen LogP) is 13.7. The quantitative estimate of drug-likeness (QED) is 0.176. The third-order valence-corrected chi connectivity index (χ3v) is 9.48. The molecule has 0 aliphatic carbocycles. The summed E-state index contributed by atoms with van der Waals surface area (Å²) in [6.07, 6.45) is 0. The van der Waals surface area contributed by atoms with E-state index < -0.39 is 24.2 Å². The van der Waals surface area contributed by atoms with Crippen LogP contribution in [0.1, 0.15) is 11.0 Å². The molecule has 0 radical (unpaired) electrons. The number of benzene rings is 9. The number of furan rings is 1. The lowest BCUT2D eigenvalue weighted by molar-refractivity contribution is 0.669. The van der Waals surface area contributed by atoms with E-state index in [1.165, 1.54) is 0 Å². The number of hydrogen-bond acceptors (Lipinski definition) is 1. The van der Waals surface area contributed by atoms with Crippen molar-refractivity contribution in [2.75, 3.05) is 0 Å². The van der Waals surface area contributed by atoms with Crippen molar-refractivity contribution in [2.45, 2.75) is 0 Å². The summed E-state index contributed by atoms with van der Waals surface area (Å²) in [4.78, 5) is 0. The standard InChI is InChI=1S/C48H30O/c1-3-13-31(14-4-1)37-25-23-35(28-42(37)32-15-5-2-6-16-32)47-38-19-9-11-21-40(38)48(41-22-12-10-20-39(41)47)36-24-26-45-43(29-36)44-27-33-17-7-8-18-34(33)30-46(44)49-45/h1-30H/i9D,10D,11D,12D,19D,20D,21D,22D. The summed E-state index contributed by atoms with van der Waals surface area (Å²) in [6, 6.07) is 40.2. The van der Waals surface area contributed by atoms with E-state index in [0.717, 1.165) is 43.8 Å². The Labute approximate surface area is 295 Å². The van der Waals surface area contributed by atoms with Gasteiger partial charge in [-0.2, -0.15) is 0 Å². The smallest absolute Gasteiger partial charge is 0.136 e. The van der Waals surface area contributed by atoms with Crippen LogP contribution in [-0.2, 0) is 0 Å². The molecule has 0 bridgehead atoms. The van der Waals surface area contributed by atoms with Crippen LogP contribution in [0.25, 0.3) is 98.8 Å². The SMILES string of the molecule is [2H]c1c([2H])c([2H])c2c(-c3ccc4oc5cc6ccccc6cc5c4c3)c3c([2H])c([2H])c([2H])c([2H])c3c(-c3ccc(-c4ccccc4)c(-c4ccccc4)c3)c2c1[2H]. The van der Waals surface area contributed by atoms with Crippen molar-refractivity contribution in [3.8, 4) is 44.5 Å². The second-order valence-electron chi connectivity index (χ2n) is 12.3. The molecule has 0 aliphatic heterocycles. The first-order valence-corrected chi connectivity index (χ1v) is 16.2. The fourth-order valence-corrected chi connectivity index (χ4v) is 7.25. The first-order valence-electron chi connectivity index (χ1n) is 20.2. The molecule has 1 aromatic heterocycles.